The van der Waals surface area contributed by atoms with Gasteiger partial charge < -0.3 is 19.5 Å². The molecule has 32 heavy (non-hydrogen) atoms. The molecule has 0 unspecified atom stereocenters. The number of nitrogens with one attached hydrogen (secondary N) is 1. The molecule has 7 nitrogen and oxygen atoms in total. The van der Waals surface area contributed by atoms with Crippen LogP contribution in [0.5, 0.6) is 0 Å². The number of pyridine rings is 2. The first kappa shape index (κ1) is 21.1. The van der Waals surface area contributed by atoms with Crippen molar-refractivity contribution in [2.75, 3.05) is 39.4 Å². The maximum absolute atomic E-state index is 5.83. The lowest BCUT2D eigenvalue weighted by molar-refractivity contribution is 0.0349. The minimum Gasteiger partial charge on any atom is -0.379 e. The van der Waals surface area contributed by atoms with E-state index in [0.717, 1.165) is 56.7 Å². The summed E-state index contributed by atoms with van der Waals surface area (Å²) < 4.78 is 7.81. The molecule has 2 aliphatic rings. The van der Waals surface area contributed by atoms with Gasteiger partial charge in [-0.3, -0.25) is 14.9 Å². The highest BCUT2D eigenvalue weighted by Gasteiger charge is 2.41. The van der Waals surface area contributed by atoms with Crippen molar-refractivity contribution in [3.63, 3.8) is 0 Å². The van der Waals surface area contributed by atoms with Crippen LogP contribution in [0.4, 0.5) is 0 Å². The molecule has 0 bridgehead atoms. The van der Waals surface area contributed by atoms with Gasteiger partial charge in [0.2, 0.25) is 0 Å². The Hall–Kier alpha value is -2.81. The summed E-state index contributed by atoms with van der Waals surface area (Å²) in [4.78, 5) is 13.7. The topological polar surface area (TPSA) is 58.5 Å². The molecule has 3 aromatic heterocycles. The van der Waals surface area contributed by atoms with Gasteiger partial charge in [-0.2, -0.15) is 0 Å². The van der Waals surface area contributed by atoms with Crippen molar-refractivity contribution >= 4 is 17.3 Å². The highest BCUT2D eigenvalue weighted by molar-refractivity contribution is 7.80. The van der Waals surface area contributed by atoms with E-state index < -0.39 is 0 Å². The molecule has 3 aromatic rings. The molecule has 0 amide bonds. The SMILES string of the molecule is S=C1N[C@H](c2ccccn2)[C@@H](c2cccn2Cc2cccnc2)N1CCN1CCOCC1. The van der Waals surface area contributed by atoms with Gasteiger partial charge in [-0.05, 0) is 48.1 Å². The highest BCUT2D eigenvalue weighted by atomic mass is 32.1. The third kappa shape index (κ3) is 4.53. The average Bonchev–Trinajstić information content (AvgIpc) is 3.43. The van der Waals surface area contributed by atoms with Gasteiger partial charge in [0, 0.05) is 63.2 Å². The fraction of sp³-hybridized carbons (Fsp3) is 0.375. The van der Waals surface area contributed by atoms with Gasteiger partial charge in [-0.1, -0.05) is 12.1 Å². The first-order valence-electron chi connectivity index (χ1n) is 11.1. The summed E-state index contributed by atoms with van der Waals surface area (Å²) in [6, 6.07) is 14.5. The molecule has 2 atom stereocenters. The van der Waals surface area contributed by atoms with Gasteiger partial charge in [0.25, 0.3) is 0 Å². The molecule has 5 rings (SSSR count). The Morgan fingerprint density at radius 2 is 1.94 bits per heavy atom. The van der Waals surface area contributed by atoms with Crippen LogP contribution in [0, 0.1) is 0 Å². The maximum atomic E-state index is 5.83. The quantitative estimate of drug-likeness (QED) is 0.558. The van der Waals surface area contributed by atoms with Crippen LogP contribution in [0.1, 0.15) is 29.0 Å². The third-order valence-corrected chi connectivity index (χ3v) is 6.55. The summed E-state index contributed by atoms with van der Waals surface area (Å²) in [6.45, 7) is 6.14. The van der Waals surface area contributed by atoms with Crippen LogP contribution in [0.2, 0.25) is 0 Å². The summed E-state index contributed by atoms with van der Waals surface area (Å²) in [7, 11) is 0. The lowest BCUT2D eigenvalue weighted by Gasteiger charge is -2.32. The molecule has 0 saturated carbocycles. The zero-order chi connectivity index (χ0) is 21.8. The van der Waals surface area contributed by atoms with Crippen molar-refractivity contribution in [1.82, 2.24) is 29.7 Å². The van der Waals surface area contributed by atoms with E-state index in [4.69, 9.17) is 17.0 Å². The smallest absolute Gasteiger partial charge is 0.170 e. The summed E-state index contributed by atoms with van der Waals surface area (Å²) in [5.74, 6) is 0. The number of thiocarbonyl (C=S) groups is 1. The van der Waals surface area contributed by atoms with E-state index in [1.165, 1.54) is 11.3 Å². The van der Waals surface area contributed by atoms with Crippen LogP contribution < -0.4 is 5.32 Å². The number of morpholine rings is 1. The van der Waals surface area contributed by atoms with Gasteiger partial charge in [0.05, 0.1) is 31.0 Å². The maximum Gasteiger partial charge on any atom is 0.170 e. The Morgan fingerprint density at radius 1 is 1.03 bits per heavy atom. The zero-order valence-corrected chi connectivity index (χ0v) is 18.8. The Morgan fingerprint density at radius 3 is 2.72 bits per heavy atom. The number of hydrogen-bond donors (Lipinski definition) is 1. The largest absolute Gasteiger partial charge is 0.379 e. The molecule has 0 radical (unpaired) electrons. The molecule has 2 saturated heterocycles. The van der Waals surface area contributed by atoms with E-state index in [1.54, 1.807) is 0 Å². The zero-order valence-electron chi connectivity index (χ0n) is 18.0. The van der Waals surface area contributed by atoms with Crippen LogP contribution in [0.15, 0.2) is 67.3 Å². The molecule has 0 aliphatic carbocycles. The van der Waals surface area contributed by atoms with Gasteiger partial charge in [-0.15, -0.1) is 0 Å². The molecule has 1 N–H and O–H groups in total. The van der Waals surface area contributed by atoms with E-state index in [0.29, 0.717) is 0 Å². The molecule has 166 valence electrons. The van der Waals surface area contributed by atoms with Crippen LogP contribution in [0.25, 0.3) is 0 Å². The molecular formula is C24H28N6OS. The molecule has 2 aliphatic heterocycles. The molecular weight excluding hydrogens is 420 g/mol. The molecule has 0 aromatic carbocycles. The van der Waals surface area contributed by atoms with Crippen molar-refractivity contribution in [2.24, 2.45) is 0 Å². The Labute approximate surface area is 194 Å². The Bertz CT molecular complexity index is 1020. The minimum absolute atomic E-state index is 0.00376. The predicted octanol–water partition coefficient (Wildman–Crippen LogP) is 2.63. The molecule has 0 spiro atoms. The predicted molar refractivity (Wildman–Crippen MR) is 127 cm³/mol. The third-order valence-electron chi connectivity index (χ3n) is 6.20. The van der Waals surface area contributed by atoms with Crippen molar-refractivity contribution in [3.05, 3.63) is 84.2 Å². The van der Waals surface area contributed by atoms with Crippen molar-refractivity contribution < 1.29 is 4.74 Å². The lowest BCUT2D eigenvalue weighted by atomic mass is 10.0. The summed E-state index contributed by atoms with van der Waals surface area (Å²) >= 11 is 5.83. The summed E-state index contributed by atoms with van der Waals surface area (Å²) in [6.07, 6.45) is 7.72. The second-order valence-electron chi connectivity index (χ2n) is 8.20. The number of nitrogens with zero attached hydrogens (tertiary/aromatic N) is 5. The summed E-state index contributed by atoms with van der Waals surface area (Å²) in [5, 5.41) is 4.35. The first-order valence-corrected chi connectivity index (χ1v) is 11.5. The van der Waals surface area contributed by atoms with E-state index in [1.807, 2.05) is 36.8 Å². The number of ether oxygens (including phenoxy) is 1. The van der Waals surface area contributed by atoms with Gasteiger partial charge in [0.15, 0.2) is 5.11 Å². The number of aromatic nitrogens is 3. The fourth-order valence-electron chi connectivity index (χ4n) is 4.57. The monoisotopic (exact) mass is 448 g/mol. The van der Waals surface area contributed by atoms with E-state index in [-0.39, 0.29) is 12.1 Å². The van der Waals surface area contributed by atoms with E-state index in [9.17, 15) is 0 Å². The second-order valence-corrected chi connectivity index (χ2v) is 8.58. The lowest BCUT2D eigenvalue weighted by Crippen LogP contribution is -2.42. The van der Waals surface area contributed by atoms with Gasteiger partial charge >= 0.3 is 0 Å². The number of rotatable bonds is 7. The molecule has 8 heteroatoms. The van der Waals surface area contributed by atoms with Gasteiger partial charge in [-0.25, -0.2) is 0 Å². The minimum atomic E-state index is -0.00376. The second kappa shape index (κ2) is 9.77. The highest BCUT2D eigenvalue weighted by Crippen LogP contribution is 2.38. The van der Waals surface area contributed by atoms with Crippen LogP contribution in [-0.4, -0.2) is 68.8 Å². The van der Waals surface area contributed by atoms with E-state index in [2.05, 4.69) is 60.1 Å². The van der Waals surface area contributed by atoms with Crippen molar-refractivity contribution in [3.8, 4) is 0 Å². The van der Waals surface area contributed by atoms with Gasteiger partial charge in [0.1, 0.15) is 0 Å². The van der Waals surface area contributed by atoms with Crippen LogP contribution >= 0.6 is 12.2 Å². The Balaban J connectivity index is 1.44. The standard InChI is InChI=1S/C24H28N6OS/c32-24-27-22(20-6-1-2-9-26-20)23(30(24)12-11-28-13-15-31-16-14-28)21-7-4-10-29(21)18-19-5-3-8-25-17-19/h1-10,17,22-23H,11-16,18H2,(H,27,32)/t22-,23-/m1/s1. The normalized spacial score (nSPS) is 21.6. The van der Waals surface area contributed by atoms with Crippen molar-refractivity contribution in [1.29, 1.82) is 0 Å². The van der Waals surface area contributed by atoms with Crippen LogP contribution in [0.3, 0.4) is 0 Å². The summed E-state index contributed by atoms with van der Waals surface area (Å²) in [5.41, 5.74) is 3.40. The first-order chi connectivity index (χ1) is 15.8. The van der Waals surface area contributed by atoms with Crippen LogP contribution in [-0.2, 0) is 11.3 Å². The van der Waals surface area contributed by atoms with E-state index >= 15 is 0 Å². The van der Waals surface area contributed by atoms with Crippen molar-refractivity contribution in [2.45, 2.75) is 18.6 Å². The average molecular weight is 449 g/mol. The Kier molecular flexibility index (Phi) is 6.43. The molecule has 5 heterocycles. The number of hydrogen-bond acceptors (Lipinski definition) is 5. The molecule has 2 fully saturated rings. The fourth-order valence-corrected chi connectivity index (χ4v) is 4.90.